The molecule has 0 aromatic heterocycles. The van der Waals surface area contributed by atoms with Crippen LogP contribution in [0.15, 0.2) is 18.2 Å². The lowest BCUT2D eigenvalue weighted by Crippen LogP contribution is -2.32. The van der Waals surface area contributed by atoms with Crippen molar-refractivity contribution in [2.45, 2.75) is 47.1 Å². The lowest BCUT2D eigenvalue weighted by Gasteiger charge is -2.28. The Morgan fingerprint density at radius 1 is 1.20 bits per heavy atom. The van der Waals surface area contributed by atoms with Crippen molar-refractivity contribution in [3.8, 4) is 0 Å². The van der Waals surface area contributed by atoms with E-state index in [2.05, 4.69) is 57.7 Å². The first-order valence-electron chi connectivity index (χ1n) is 7.82. The van der Waals surface area contributed by atoms with Gasteiger partial charge in [-0.15, -0.1) is 0 Å². The third-order valence-corrected chi connectivity index (χ3v) is 4.62. The third-order valence-electron chi connectivity index (χ3n) is 4.62. The number of nitrogens with two attached hydrogens (primary N) is 1. The highest BCUT2D eigenvalue weighted by atomic mass is 15.2. The molecule has 2 unspecified atom stereocenters. The molecule has 1 aromatic carbocycles. The minimum Gasteiger partial charge on any atom is -0.323 e. The first kappa shape index (κ1) is 15.5. The van der Waals surface area contributed by atoms with Crippen LogP contribution in [0.2, 0.25) is 0 Å². The van der Waals surface area contributed by atoms with Crippen LogP contribution in [-0.4, -0.2) is 24.5 Å². The van der Waals surface area contributed by atoms with E-state index in [1.807, 2.05) is 0 Å². The Bertz CT molecular complexity index is 439. The number of nitrogens with zero attached hydrogens (tertiary/aromatic N) is 1. The third kappa shape index (κ3) is 3.83. The van der Waals surface area contributed by atoms with Gasteiger partial charge in [0.05, 0.1) is 0 Å². The number of hydrogen-bond acceptors (Lipinski definition) is 2. The van der Waals surface area contributed by atoms with Gasteiger partial charge in [0.1, 0.15) is 0 Å². The van der Waals surface area contributed by atoms with Gasteiger partial charge in [0.25, 0.3) is 0 Å². The van der Waals surface area contributed by atoms with E-state index >= 15 is 0 Å². The molecule has 1 fully saturated rings. The van der Waals surface area contributed by atoms with Crippen LogP contribution in [0, 0.1) is 25.2 Å². The predicted octanol–water partition coefficient (Wildman–Crippen LogP) is 3.67. The molecule has 2 N–H and O–H groups in total. The van der Waals surface area contributed by atoms with E-state index in [0.29, 0.717) is 5.41 Å². The lowest BCUT2D eigenvalue weighted by atomic mass is 9.80. The van der Waals surface area contributed by atoms with Crippen LogP contribution < -0.4 is 5.73 Å². The summed E-state index contributed by atoms with van der Waals surface area (Å²) in [7, 11) is 0. The Morgan fingerprint density at radius 2 is 1.80 bits per heavy atom. The zero-order valence-electron chi connectivity index (χ0n) is 13.7. The standard InChI is InChI=1S/C18H30N2/c1-13-8-14(2)10-15(9-13)17(19)12-20-7-6-16(11-20)18(3,4)5/h8-10,16-17H,6-7,11-12,19H2,1-5H3. The fourth-order valence-electron chi connectivity index (χ4n) is 3.31. The second kappa shape index (κ2) is 5.87. The number of benzene rings is 1. The smallest absolute Gasteiger partial charge is 0.0424 e. The van der Waals surface area contributed by atoms with Crippen LogP contribution in [0.4, 0.5) is 0 Å². The highest BCUT2D eigenvalue weighted by Crippen LogP contribution is 2.34. The quantitative estimate of drug-likeness (QED) is 0.911. The van der Waals surface area contributed by atoms with E-state index in [0.717, 1.165) is 12.5 Å². The molecule has 2 heteroatoms. The van der Waals surface area contributed by atoms with Crippen LogP contribution in [0.1, 0.15) is 49.9 Å². The largest absolute Gasteiger partial charge is 0.323 e. The van der Waals surface area contributed by atoms with Gasteiger partial charge in [0.15, 0.2) is 0 Å². The van der Waals surface area contributed by atoms with Crippen LogP contribution >= 0.6 is 0 Å². The lowest BCUT2D eigenvalue weighted by molar-refractivity contribution is 0.224. The Kier molecular flexibility index (Phi) is 4.55. The van der Waals surface area contributed by atoms with Crippen molar-refractivity contribution in [3.63, 3.8) is 0 Å². The normalized spacial score (nSPS) is 22.2. The number of rotatable bonds is 3. The van der Waals surface area contributed by atoms with Crippen LogP contribution in [0.3, 0.4) is 0 Å². The SMILES string of the molecule is Cc1cc(C)cc(C(N)CN2CCC(C(C)(C)C)C2)c1. The van der Waals surface area contributed by atoms with E-state index in [1.165, 1.54) is 36.2 Å². The number of hydrogen-bond donors (Lipinski definition) is 1. The zero-order valence-corrected chi connectivity index (χ0v) is 13.7. The van der Waals surface area contributed by atoms with Gasteiger partial charge >= 0.3 is 0 Å². The van der Waals surface area contributed by atoms with Crippen molar-refractivity contribution in [2.75, 3.05) is 19.6 Å². The summed E-state index contributed by atoms with van der Waals surface area (Å²) in [6, 6.07) is 6.80. The molecule has 20 heavy (non-hydrogen) atoms. The summed E-state index contributed by atoms with van der Waals surface area (Å²) in [5.41, 5.74) is 10.7. The zero-order chi connectivity index (χ0) is 14.9. The second-order valence-corrected chi connectivity index (χ2v) is 7.64. The molecule has 0 spiro atoms. The summed E-state index contributed by atoms with van der Waals surface area (Å²) in [5, 5.41) is 0. The molecular weight excluding hydrogens is 244 g/mol. The summed E-state index contributed by atoms with van der Waals surface area (Å²) >= 11 is 0. The minimum atomic E-state index is 0.132. The van der Waals surface area contributed by atoms with Gasteiger partial charge in [-0.3, -0.25) is 0 Å². The highest BCUT2D eigenvalue weighted by molar-refractivity contribution is 5.30. The topological polar surface area (TPSA) is 29.3 Å². The molecule has 0 aliphatic carbocycles. The summed E-state index contributed by atoms with van der Waals surface area (Å²) in [6.45, 7) is 14.7. The molecule has 2 nitrogen and oxygen atoms in total. The first-order chi connectivity index (χ1) is 9.25. The maximum Gasteiger partial charge on any atom is 0.0424 e. The fraction of sp³-hybridized carbons (Fsp3) is 0.667. The highest BCUT2D eigenvalue weighted by Gasteiger charge is 2.32. The van der Waals surface area contributed by atoms with Crippen molar-refractivity contribution < 1.29 is 0 Å². The minimum absolute atomic E-state index is 0.132. The summed E-state index contributed by atoms with van der Waals surface area (Å²) in [6.07, 6.45) is 1.31. The molecule has 1 aromatic rings. The summed E-state index contributed by atoms with van der Waals surface area (Å²) in [4.78, 5) is 2.54. The molecule has 112 valence electrons. The van der Waals surface area contributed by atoms with E-state index in [9.17, 15) is 0 Å². The number of aryl methyl sites for hydroxylation is 2. The van der Waals surface area contributed by atoms with Crippen molar-refractivity contribution in [3.05, 3.63) is 34.9 Å². The van der Waals surface area contributed by atoms with Crippen LogP contribution in [0.5, 0.6) is 0 Å². The summed E-state index contributed by atoms with van der Waals surface area (Å²) in [5.74, 6) is 0.800. The molecule has 1 aliphatic heterocycles. The summed E-state index contributed by atoms with van der Waals surface area (Å²) < 4.78 is 0. The fourth-order valence-corrected chi connectivity index (χ4v) is 3.31. The predicted molar refractivity (Wildman–Crippen MR) is 86.8 cm³/mol. The molecule has 1 saturated heterocycles. The van der Waals surface area contributed by atoms with Crippen molar-refractivity contribution in [2.24, 2.45) is 17.1 Å². The van der Waals surface area contributed by atoms with Gasteiger partial charge in [0.2, 0.25) is 0 Å². The number of likely N-dealkylation sites (tertiary alicyclic amines) is 1. The van der Waals surface area contributed by atoms with Gasteiger partial charge in [-0.05, 0) is 43.7 Å². The molecule has 0 amide bonds. The monoisotopic (exact) mass is 274 g/mol. The molecule has 1 aliphatic rings. The van der Waals surface area contributed by atoms with E-state index < -0.39 is 0 Å². The maximum absolute atomic E-state index is 6.43. The van der Waals surface area contributed by atoms with E-state index in [-0.39, 0.29) is 6.04 Å². The van der Waals surface area contributed by atoms with Crippen LogP contribution in [-0.2, 0) is 0 Å². The van der Waals surface area contributed by atoms with Gasteiger partial charge < -0.3 is 10.6 Å². The molecule has 2 rings (SSSR count). The maximum atomic E-state index is 6.43. The van der Waals surface area contributed by atoms with Gasteiger partial charge in [-0.25, -0.2) is 0 Å². The molecule has 0 saturated carbocycles. The van der Waals surface area contributed by atoms with Crippen molar-refractivity contribution in [1.82, 2.24) is 4.90 Å². The molecule has 2 atom stereocenters. The van der Waals surface area contributed by atoms with Gasteiger partial charge in [-0.1, -0.05) is 50.1 Å². The van der Waals surface area contributed by atoms with E-state index in [1.54, 1.807) is 0 Å². The molecule has 1 heterocycles. The van der Waals surface area contributed by atoms with Gasteiger partial charge in [0, 0.05) is 19.1 Å². The van der Waals surface area contributed by atoms with Crippen molar-refractivity contribution in [1.29, 1.82) is 0 Å². The second-order valence-electron chi connectivity index (χ2n) is 7.64. The van der Waals surface area contributed by atoms with E-state index in [4.69, 9.17) is 5.73 Å². The Balaban J connectivity index is 1.97. The molecule has 0 radical (unpaired) electrons. The average Bonchev–Trinajstić information content (AvgIpc) is 2.75. The molecular formula is C18H30N2. The van der Waals surface area contributed by atoms with Crippen molar-refractivity contribution >= 4 is 0 Å². The van der Waals surface area contributed by atoms with Crippen LogP contribution in [0.25, 0.3) is 0 Å². The Labute approximate surface area is 124 Å². The Morgan fingerprint density at radius 3 is 2.30 bits per heavy atom. The van der Waals surface area contributed by atoms with Gasteiger partial charge in [-0.2, -0.15) is 0 Å². The Hall–Kier alpha value is -0.860. The average molecular weight is 274 g/mol. The molecule has 0 bridgehead atoms. The first-order valence-corrected chi connectivity index (χ1v) is 7.82.